The number of nitrogens with zero attached hydrogens (tertiary/aromatic N) is 2. The lowest BCUT2D eigenvalue weighted by Crippen LogP contribution is -2.47. The van der Waals surface area contributed by atoms with Crippen molar-refractivity contribution in [1.29, 1.82) is 0 Å². The number of thioether (sulfide) groups is 1. The lowest BCUT2D eigenvalue weighted by molar-refractivity contribution is -0.160. The Hall–Kier alpha value is -2.43. The molecule has 0 spiro atoms. The predicted molar refractivity (Wildman–Crippen MR) is 125 cm³/mol. The van der Waals surface area contributed by atoms with Gasteiger partial charge in [0.15, 0.2) is 23.1 Å². The van der Waals surface area contributed by atoms with Crippen LogP contribution in [0.15, 0.2) is 20.1 Å². The fourth-order valence-corrected chi connectivity index (χ4v) is 7.85. The van der Waals surface area contributed by atoms with Gasteiger partial charge in [0.25, 0.3) is 5.91 Å². The van der Waals surface area contributed by atoms with Crippen molar-refractivity contribution in [2.45, 2.75) is 38.5 Å². The van der Waals surface area contributed by atoms with Gasteiger partial charge in [-0.05, 0) is 31.9 Å². The van der Waals surface area contributed by atoms with Gasteiger partial charge in [0.2, 0.25) is 15.9 Å². The lowest BCUT2D eigenvalue weighted by Gasteiger charge is -2.33. The van der Waals surface area contributed by atoms with Crippen molar-refractivity contribution in [2.24, 2.45) is 5.14 Å². The molecule has 2 aliphatic rings. The second kappa shape index (κ2) is 11.1. The number of nitrogens with two attached hydrogens (primary N) is 1. The van der Waals surface area contributed by atoms with Gasteiger partial charge in [0, 0.05) is 20.5 Å². The number of carbonyl (C=O) groups is 4. The Morgan fingerprint density at radius 2 is 1.80 bits per heavy atom. The molecule has 0 aromatic heterocycles. The van der Waals surface area contributed by atoms with E-state index in [0.717, 1.165) is 11.8 Å². The van der Waals surface area contributed by atoms with Crippen molar-refractivity contribution in [3.63, 3.8) is 0 Å². The van der Waals surface area contributed by atoms with E-state index in [0.29, 0.717) is 17.3 Å². The van der Waals surface area contributed by atoms with Crippen LogP contribution in [-0.2, 0) is 48.5 Å². The number of carbonyl (C=O) groups excluding carboxylic acids is 4. The van der Waals surface area contributed by atoms with E-state index in [1.807, 2.05) is 0 Å². The molecule has 2 heterocycles. The number of primary sulfonamides is 1. The molecule has 35 heavy (non-hydrogen) atoms. The molecule has 2 amide bonds. The van der Waals surface area contributed by atoms with Crippen molar-refractivity contribution in [3.05, 3.63) is 20.1 Å². The third kappa shape index (κ3) is 6.83. The SMILES string of the molecule is CCN(C(=O)CN(C)C(=O)COC(=O)COC(C)=O)[C@H]1C=C(S(N)(=O)=O)SC2=C1C[C@H](C)S2(=O)=O. The molecule has 0 fully saturated rings. The van der Waals surface area contributed by atoms with Crippen LogP contribution < -0.4 is 5.14 Å². The van der Waals surface area contributed by atoms with E-state index in [4.69, 9.17) is 9.88 Å². The summed E-state index contributed by atoms with van der Waals surface area (Å²) in [7, 11) is -6.74. The molecule has 2 N–H and O–H groups in total. The minimum atomic E-state index is -4.25. The summed E-state index contributed by atoms with van der Waals surface area (Å²) in [6.07, 6.45) is 1.35. The molecule has 0 bridgehead atoms. The molecular formula is C19H27N3O10S3. The number of amides is 2. The average Bonchev–Trinajstić information content (AvgIpc) is 2.98. The number of sulfonamides is 1. The summed E-state index contributed by atoms with van der Waals surface area (Å²) in [5.41, 5.74) is 0.387. The number of hydrogen-bond acceptors (Lipinski definition) is 11. The van der Waals surface area contributed by atoms with Crippen molar-refractivity contribution in [3.8, 4) is 0 Å². The highest BCUT2D eigenvalue weighted by molar-refractivity contribution is 8.27. The summed E-state index contributed by atoms with van der Waals surface area (Å²) in [4.78, 5) is 49.8. The highest BCUT2D eigenvalue weighted by atomic mass is 32.3. The number of sulfone groups is 1. The quantitative estimate of drug-likeness (QED) is 0.347. The van der Waals surface area contributed by atoms with E-state index in [2.05, 4.69) is 4.74 Å². The first kappa shape index (κ1) is 28.8. The van der Waals surface area contributed by atoms with Crippen LogP contribution in [0.25, 0.3) is 0 Å². The van der Waals surface area contributed by atoms with E-state index in [9.17, 15) is 36.0 Å². The summed E-state index contributed by atoms with van der Waals surface area (Å²) in [6, 6.07) is -0.984. The maximum absolute atomic E-state index is 13.1. The molecule has 2 aliphatic heterocycles. The van der Waals surface area contributed by atoms with Crippen LogP contribution in [0.2, 0.25) is 0 Å². The van der Waals surface area contributed by atoms with Gasteiger partial charge in [0.1, 0.15) is 8.47 Å². The van der Waals surface area contributed by atoms with Gasteiger partial charge in [0.05, 0.1) is 17.8 Å². The van der Waals surface area contributed by atoms with Gasteiger partial charge in [-0.3, -0.25) is 14.4 Å². The molecule has 13 nitrogen and oxygen atoms in total. The van der Waals surface area contributed by atoms with E-state index >= 15 is 0 Å². The smallest absolute Gasteiger partial charge is 0.344 e. The third-order valence-corrected chi connectivity index (χ3v) is 10.6. The van der Waals surface area contributed by atoms with Crippen LogP contribution >= 0.6 is 11.8 Å². The number of ether oxygens (including phenoxy) is 2. The van der Waals surface area contributed by atoms with Crippen LogP contribution in [0.3, 0.4) is 0 Å². The fraction of sp³-hybridized carbons (Fsp3) is 0.579. The number of rotatable bonds is 9. The molecule has 2 rings (SSSR count). The molecule has 196 valence electrons. The van der Waals surface area contributed by atoms with Gasteiger partial charge in [-0.25, -0.2) is 26.8 Å². The van der Waals surface area contributed by atoms with Gasteiger partial charge >= 0.3 is 11.9 Å². The van der Waals surface area contributed by atoms with Crippen LogP contribution in [-0.4, -0.2) is 95.0 Å². The van der Waals surface area contributed by atoms with E-state index in [-0.39, 0.29) is 21.4 Å². The first-order valence-electron chi connectivity index (χ1n) is 10.3. The molecule has 0 aromatic rings. The lowest BCUT2D eigenvalue weighted by atomic mass is 10.0. The highest BCUT2D eigenvalue weighted by Crippen LogP contribution is 2.48. The number of esters is 2. The van der Waals surface area contributed by atoms with Gasteiger partial charge < -0.3 is 19.3 Å². The monoisotopic (exact) mass is 553 g/mol. The Labute approximate surface area is 207 Å². The Morgan fingerprint density at radius 1 is 1.17 bits per heavy atom. The zero-order valence-electron chi connectivity index (χ0n) is 19.5. The minimum Gasteiger partial charge on any atom is -0.454 e. The summed E-state index contributed by atoms with van der Waals surface area (Å²) in [5.74, 6) is -2.96. The van der Waals surface area contributed by atoms with Crippen molar-refractivity contribution < 1.29 is 45.5 Å². The molecular weight excluding hydrogens is 526 g/mol. The zero-order valence-corrected chi connectivity index (χ0v) is 22.0. The normalized spacial score (nSPS) is 21.0. The van der Waals surface area contributed by atoms with Crippen LogP contribution in [0, 0.1) is 0 Å². The average molecular weight is 554 g/mol. The van der Waals surface area contributed by atoms with Crippen molar-refractivity contribution in [1.82, 2.24) is 9.80 Å². The topological polar surface area (TPSA) is 188 Å². The Kier molecular flexibility index (Phi) is 9.13. The fourth-order valence-electron chi connectivity index (χ4n) is 3.38. The largest absolute Gasteiger partial charge is 0.454 e. The Balaban J connectivity index is 2.19. The third-order valence-electron chi connectivity index (χ3n) is 5.23. The maximum Gasteiger partial charge on any atom is 0.344 e. The maximum atomic E-state index is 13.1. The summed E-state index contributed by atoms with van der Waals surface area (Å²) in [5, 5.41) is 4.46. The first-order valence-corrected chi connectivity index (χ1v) is 14.2. The zero-order chi connectivity index (χ0) is 26.7. The van der Waals surface area contributed by atoms with Gasteiger partial charge in [-0.2, -0.15) is 0 Å². The summed E-state index contributed by atoms with van der Waals surface area (Å²) >= 11 is 0.554. The standard InChI is InChI=1S/C19H27N3O10S3/c1-5-22(15(24)8-21(4)16(25)9-32-17(26)10-31-12(3)23)14-7-18(35(20,29)30)33-19-13(14)6-11(2)34(19,27)28/h7,11,14H,5-6,8-10H2,1-4H3,(H2,20,29,30)/t11-,14-/m0/s1. The van der Waals surface area contributed by atoms with Gasteiger partial charge in [-0.15, -0.1) is 0 Å². The summed E-state index contributed by atoms with van der Waals surface area (Å²) < 4.78 is 58.2. The molecule has 2 atom stereocenters. The van der Waals surface area contributed by atoms with E-state index in [1.54, 1.807) is 6.92 Å². The highest BCUT2D eigenvalue weighted by Gasteiger charge is 2.45. The Morgan fingerprint density at radius 3 is 2.34 bits per heavy atom. The molecule has 0 unspecified atom stereocenters. The van der Waals surface area contributed by atoms with E-state index in [1.165, 1.54) is 24.9 Å². The summed E-state index contributed by atoms with van der Waals surface area (Å²) in [6.45, 7) is 2.48. The Bertz CT molecular complexity index is 1190. The van der Waals surface area contributed by atoms with Crippen LogP contribution in [0.4, 0.5) is 0 Å². The van der Waals surface area contributed by atoms with Crippen LogP contribution in [0.1, 0.15) is 27.2 Å². The van der Waals surface area contributed by atoms with E-state index < -0.39 is 74.7 Å². The second-order valence-electron chi connectivity index (χ2n) is 7.82. The van der Waals surface area contributed by atoms with Crippen molar-refractivity contribution in [2.75, 3.05) is 33.4 Å². The molecule has 0 radical (unpaired) electrons. The molecule has 0 aliphatic carbocycles. The molecule has 0 aromatic carbocycles. The molecule has 0 saturated carbocycles. The van der Waals surface area contributed by atoms with Gasteiger partial charge in [-0.1, -0.05) is 11.8 Å². The van der Waals surface area contributed by atoms with Crippen molar-refractivity contribution >= 4 is 55.4 Å². The van der Waals surface area contributed by atoms with Crippen LogP contribution in [0.5, 0.6) is 0 Å². The molecule has 16 heteroatoms. The first-order chi connectivity index (χ1) is 16.1. The second-order valence-corrected chi connectivity index (χ2v) is 13.2. The number of likely N-dealkylation sites (N-methyl/N-ethyl adjacent to an activating group) is 2. The number of hydrogen-bond donors (Lipinski definition) is 1. The minimum absolute atomic E-state index is 0.0766. The predicted octanol–water partition coefficient (Wildman–Crippen LogP) is -0.936. The molecule has 0 saturated heterocycles.